The van der Waals surface area contributed by atoms with Crippen molar-refractivity contribution in [3.63, 3.8) is 0 Å². The summed E-state index contributed by atoms with van der Waals surface area (Å²) < 4.78 is 67.8. The summed E-state index contributed by atoms with van der Waals surface area (Å²) in [6, 6.07) is 9.37. The van der Waals surface area contributed by atoms with Crippen molar-refractivity contribution >= 4 is 28.3 Å². The van der Waals surface area contributed by atoms with Crippen LogP contribution in [0.4, 0.5) is 8.78 Å². The smallest absolute Gasteiger partial charge is 0.310 e. The van der Waals surface area contributed by atoms with Gasteiger partial charge in [0.1, 0.15) is 34.3 Å². The Kier molecular flexibility index (Phi) is 9.52. The van der Waals surface area contributed by atoms with Gasteiger partial charge in [0.25, 0.3) is 0 Å². The van der Waals surface area contributed by atoms with Gasteiger partial charge in [-0.3, -0.25) is 9.78 Å². The third-order valence-corrected chi connectivity index (χ3v) is 7.74. The van der Waals surface area contributed by atoms with E-state index in [4.69, 9.17) is 18.6 Å². The second-order valence-corrected chi connectivity index (χ2v) is 12.2. The quantitative estimate of drug-likeness (QED) is 0.168. The fraction of sp³-hybridized carbons (Fsp3) is 0.333. The predicted octanol–water partition coefficient (Wildman–Crippen LogP) is 6.02. The number of ether oxygens (including phenoxy) is 3. The third kappa shape index (κ3) is 6.98. The Balaban J connectivity index is 1.68. The molecule has 2 heterocycles. The fourth-order valence-electron chi connectivity index (χ4n) is 4.11. The van der Waals surface area contributed by atoms with Gasteiger partial charge in [0, 0.05) is 45.9 Å². The van der Waals surface area contributed by atoms with E-state index in [2.05, 4.69) is 9.71 Å². The van der Waals surface area contributed by atoms with E-state index in [1.54, 1.807) is 45.9 Å². The number of methoxy groups -OCH3 is 1. The third-order valence-electron chi connectivity index (χ3n) is 6.22. The van der Waals surface area contributed by atoms with Crippen LogP contribution in [0.15, 0.2) is 53.3 Å². The predicted molar refractivity (Wildman–Crippen MR) is 152 cm³/mol. The average Bonchev–Trinajstić information content (AvgIpc) is 3.43. The second kappa shape index (κ2) is 12.9. The summed E-state index contributed by atoms with van der Waals surface area (Å²) in [6.07, 6.45) is 2.72. The molecule has 41 heavy (non-hydrogen) atoms. The number of rotatable bonds is 11. The number of furan rings is 1. The van der Waals surface area contributed by atoms with Gasteiger partial charge in [-0.2, -0.15) is 0 Å². The highest BCUT2D eigenvalue weighted by molar-refractivity contribution is 7.90. The molecule has 218 valence electrons. The molecule has 4 aromatic rings. The van der Waals surface area contributed by atoms with Crippen LogP contribution in [-0.2, 0) is 40.5 Å². The molecule has 11 heteroatoms. The molecule has 0 amide bonds. The average molecular weight is 587 g/mol. The van der Waals surface area contributed by atoms with Crippen LogP contribution in [0.25, 0.3) is 22.1 Å². The minimum atomic E-state index is -1.43. The number of carbonyl (C=O) groups is 1. The van der Waals surface area contributed by atoms with Gasteiger partial charge in [-0.1, -0.05) is 6.07 Å². The first-order chi connectivity index (χ1) is 19.5. The summed E-state index contributed by atoms with van der Waals surface area (Å²) in [7, 11) is 1.50. The molecular formula is C30H32F2N2O6S. The summed E-state index contributed by atoms with van der Waals surface area (Å²) >= 11 is -1.43. The van der Waals surface area contributed by atoms with Crippen LogP contribution in [0.5, 0.6) is 11.5 Å². The number of aromatic nitrogens is 1. The van der Waals surface area contributed by atoms with Gasteiger partial charge in [-0.05, 0) is 52.0 Å². The molecule has 0 saturated heterocycles. The molecule has 0 aliphatic heterocycles. The van der Waals surface area contributed by atoms with Gasteiger partial charge < -0.3 is 23.2 Å². The van der Waals surface area contributed by atoms with E-state index >= 15 is 8.78 Å². The van der Waals surface area contributed by atoms with Crippen molar-refractivity contribution in [1.29, 1.82) is 0 Å². The van der Waals surface area contributed by atoms with Crippen molar-refractivity contribution < 1.29 is 36.8 Å². The molecule has 2 aromatic carbocycles. The summed E-state index contributed by atoms with van der Waals surface area (Å²) in [6.45, 7) is 7.07. The molecule has 0 aliphatic carbocycles. The number of nitrogens with zero attached hydrogens (tertiary/aromatic N) is 1. The number of esters is 1. The van der Waals surface area contributed by atoms with Crippen LogP contribution >= 0.6 is 0 Å². The monoisotopic (exact) mass is 586 g/mol. The van der Waals surface area contributed by atoms with E-state index in [0.29, 0.717) is 22.6 Å². The molecule has 0 bridgehead atoms. The Hall–Kier alpha value is -3.67. The summed E-state index contributed by atoms with van der Waals surface area (Å²) in [4.78, 5) is 16.2. The van der Waals surface area contributed by atoms with Gasteiger partial charge in [0.05, 0.1) is 44.0 Å². The summed E-state index contributed by atoms with van der Waals surface area (Å²) in [5.41, 5.74) is 1.35. The van der Waals surface area contributed by atoms with E-state index in [1.807, 2.05) is 0 Å². The first-order valence-corrected chi connectivity index (χ1v) is 14.1. The maximum atomic E-state index is 15.7. The SMILES string of the molecule is CCOC(=O)Cc1ccc(OC)cc1OCc1cc(-c2ccnc(CN[S@+]([O-])C(C)(C)C)c2F)c2occc2c1F. The van der Waals surface area contributed by atoms with E-state index in [1.165, 1.54) is 37.8 Å². The zero-order valence-corrected chi connectivity index (χ0v) is 24.3. The normalized spacial score (nSPS) is 12.4. The summed E-state index contributed by atoms with van der Waals surface area (Å²) in [5.74, 6) is -0.844. The van der Waals surface area contributed by atoms with Crippen LogP contribution in [0.1, 0.15) is 44.5 Å². The number of nitrogens with one attached hydrogen (secondary N) is 1. The van der Waals surface area contributed by atoms with Crippen molar-refractivity contribution in [2.75, 3.05) is 13.7 Å². The Bertz CT molecular complexity index is 1540. The Morgan fingerprint density at radius 1 is 1.10 bits per heavy atom. The molecule has 0 radical (unpaired) electrons. The number of fused-ring (bicyclic) bond motifs is 1. The standard InChI is InChI=1S/C30H32F2N2O6S/c1-6-38-26(35)14-18-7-8-20(37-5)15-25(18)40-17-19-13-23(29-22(27(19)31)10-12-39-29)21-9-11-33-24(28(21)32)16-34-41(36)30(2,3)4/h7-13,15,34H,6,14,16-17H2,1-5H3/t41-/m1/s1. The molecule has 4 rings (SSSR count). The number of halogens is 2. The lowest BCUT2D eigenvalue weighted by atomic mass is 9.99. The largest absolute Gasteiger partial charge is 0.598 e. The Morgan fingerprint density at radius 2 is 1.88 bits per heavy atom. The second-order valence-electron chi connectivity index (χ2n) is 10.1. The fourth-order valence-corrected chi connectivity index (χ4v) is 4.81. The molecule has 1 N–H and O–H groups in total. The maximum absolute atomic E-state index is 15.7. The molecular weight excluding hydrogens is 554 g/mol. The summed E-state index contributed by atoms with van der Waals surface area (Å²) in [5, 5.41) is 0.156. The Morgan fingerprint density at radius 3 is 2.59 bits per heavy atom. The minimum Gasteiger partial charge on any atom is -0.598 e. The van der Waals surface area contributed by atoms with Gasteiger partial charge in [0.2, 0.25) is 0 Å². The minimum absolute atomic E-state index is 0.0410. The molecule has 0 spiro atoms. The lowest BCUT2D eigenvalue weighted by molar-refractivity contribution is -0.142. The zero-order valence-electron chi connectivity index (χ0n) is 23.5. The molecule has 0 saturated carbocycles. The molecule has 0 fully saturated rings. The van der Waals surface area contributed by atoms with Gasteiger partial charge in [-0.25, -0.2) is 8.78 Å². The molecule has 8 nitrogen and oxygen atoms in total. The number of carbonyl (C=O) groups excluding carboxylic acids is 1. The molecule has 0 unspecified atom stereocenters. The van der Waals surface area contributed by atoms with E-state index < -0.39 is 33.7 Å². The van der Waals surface area contributed by atoms with Crippen LogP contribution in [0.3, 0.4) is 0 Å². The highest BCUT2D eigenvalue weighted by Gasteiger charge is 2.27. The van der Waals surface area contributed by atoms with E-state index in [9.17, 15) is 9.35 Å². The first kappa shape index (κ1) is 30.3. The highest BCUT2D eigenvalue weighted by Crippen LogP contribution is 2.36. The van der Waals surface area contributed by atoms with Crippen molar-refractivity contribution in [3.05, 3.63) is 77.3 Å². The zero-order chi connectivity index (χ0) is 29.7. The van der Waals surface area contributed by atoms with Gasteiger partial charge >= 0.3 is 5.97 Å². The van der Waals surface area contributed by atoms with Crippen molar-refractivity contribution in [2.24, 2.45) is 0 Å². The lowest BCUT2D eigenvalue weighted by Crippen LogP contribution is -2.39. The number of hydrogen-bond acceptors (Lipinski definition) is 8. The topological polar surface area (TPSA) is 106 Å². The van der Waals surface area contributed by atoms with Crippen LogP contribution in [0, 0.1) is 11.6 Å². The maximum Gasteiger partial charge on any atom is 0.310 e. The van der Waals surface area contributed by atoms with Crippen molar-refractivity contribution in [3.8, 4) is 22.6 Å². The number of hydrogen-bond donors (Lipinski definition) is 1. The number of benzene rings is 2. The van der Waals surface area contributed by atoms with Crippen molar-refractivity contribution in [2.45, 2.75) is 52.0 Å². The lowest BCUT2D eigenvalue weighted by Gasteiger charge is -2.23. The van der Waals surface area contributed by atoms with Gasteiger partial charge in [0.15, 0.2) is 5.82 Å². The van der Waals surface area contributed by atoms with Crippen LogP contribution in [-0.4, -0.2) is 34.0 Å². The van der Waals surface area contributed by atoms with Crippen LogP contribution < -0.4 is 14.2 Å². The first-order valence-electron chi connectivity index (χ1n) is 13.0. The van der Waals surface area contributed by atoms with E-state index in [-0.39, 0.29) is 54.0 Å². The highest BCUT2D eigenvalue weighted by atomic mass is 32.2. The molecule has 2 aromatic heterocycles. The van der Waals surface area contributed by atoms with Crippen LogP contribution in [0.2, 0.25) is 0 Å². The number of pyridine rings is 1. The Labute approximate surface area is 240 Å². The molecule has 1 atom stereocenters. The van der Waals surface area contributed by atoms with Gasteiger partial charge in [-0.15, -0.1) is 4.72 Å². The molecule has 0 aliphatic rings. The van der Waals surface area contributed by atoms with Crippen molar-refractivity contribution in [1.82, 2.24) is 9.71 Å². The van der Waals surface area contributed by atoms with E-state index in [0.717, 1.165) is 0 Å².